The van der Waals surface area contributed by atoms with Crippen LogP contribution in [0.4, 0.5) is 0 Å². The van der Waals surface area contributed by atoms with Crippen molar-refractivity contribution in [2.45, 2.75) is 65.3 Å². The zero-order chi connectivity index (χ0) is 22.5. The molecule has 0 aliphatic carbocycles. The van der Waals surface area contributed by atoms with E-state index in [9.17, 15) is 19.4 Å². The molecule has 0 saturated carbocycles. The van der Waals surface area contributed by atoms with E-state index < -0.39 is 18.9 Å². The van der Waals surface area contributed by atoms with E-state index >= 15 is 0 Å². The summed E-state index contributed by atoms with van der Waals surface area (Å²) in [5, 5.41) is 10.4. The lowest BCUT2D eigenvalue weighted by molar-refractivity contribution is -0.119. The van der Waals surface area contributed by atoms with Crippen molar-refractivity contribution >= 4 is 18.9 Å². The maximum atomic E-state index is 12.7. The molecule has 31 heavy (non-hydrogen) atoms. The van der Waals surface area contributed by atoms with Crippen LogP contribution in [-0.2, 0) is 29.0 Å². The van der Waals surface area contributed by atoms with Crippen LogP contribution in [0, 0.1) is 5.92 Å². The fourth-order valence-electron chi connectivity index (χ4n) is 3.67. The summed E-state index contributed by atoms with van der Waals surface area (Å²) < 4.78 is 21.0. The van der Waals surface area contributed by atoms with Crippen molar-refractivity contribution in [3.63, 3.8) is 0 Å². The minimum absolute atomic E-state index is 0.0768. The van der Waals surface area contributed by atoms with Crippen molar-refractivity contribution < 1.29 is 32.8 Å². The minimum atomic E-state index is -1.19. The summed E-state index contributed by atoms with van der Waals surface area (Å²) in [4.78, 5) is 36.1. The largest absolute Gasteiger partial charge is 0.535 e. The van der Waals surface area contributed by atoms with Crippen LogP contribution < -0.4 is 10.5 Å². The molecule has 0 bridgehead atoms. The lowest BCUT2D eigenvalue weighted by Gasteiger charge is -2.28. The number of benzene rings is 1. The van der Waals surface area contributed by atoms with E-state index in [0.717, 1.165) is 12.0 Å². The molecule has 1 N–H and O–H groups in total. The first kappa shape index (κ1) is 22.9. The Bertz CT molecular complexity index is 990. The number of hydrogen-bond donors (Lipinski definition) is 1. The molecule has 0 saturated heterocycles. The van der Waals surface area contributed by atoms with E-state index in [0.29, 0.717) is 25.0 Å². The van der Waals surface area contributed by atoms with Crippen LogP contribution in [0.3, 0.4) is 0 Å². The summed E-state index contributed by atoms with van der Waals surface area (Å²) in [5.74, 6) is -0.803. The molecule has 3 rings (SSSR count). The SMILES string of the molecule is CCCC(=O)C[C@H]1Cc2cccc(C(=O)OCc3oc(=O)oc3CC(C)C)c2OB1O. The van der Waals surface area contributed by atoms with Crippen molar-refractivity contribution in [3.8, 4) is 5.75 Å². The number of rotatable bonds is 9. The molecular formula is C22H27BO8. The Labute approximate surface area is 180 Å². The Morgan fingerprint density at radius 3 is 2.71 bits per heavy atom. The molecule has 0 radical (unpaired) electrons. The van der Waals surface area contributed by atoms with E-state index in [2.05, 4.69) is 0 Å². The first-order valence-corrected chi connectivity index (χ1v) is 10.6. The molecule has 1 aliphatic heterocycles. The van der Waals surface area contributed by atoms with Crippen LogP contribution in [0.2, 0.25) is 5.82 Å². The Morgan fingerprint density at radius 2 is 2.00 bits per heavy atom. The fraction of sp³-hybridized carbons (Fsp3) is 0.500. The molecule has 0 spiro atoms. The van der Waals surface area contributed by atoms with Crippen molar-refractivity contribution in [1.82, 2.24) is 0 Å². The summed E-state index contributed by atoms with van der Waals surface area (Å²) in [6.45, 7) is 5.60. The highest BCUT2D eigenvalue weighted by molar-refractivity contribution is 6.47. The normalized spacial score (nSPS) is 15.5. The third-order valence-electron chi connectivity index (χ3n) is 5.11. The lowest BCUT2D eigenvalue weighted by Crippen LogP contribution is -2.35. The second-order valence-corrected chi connectivity index (χ2v) is 8.23. The second kappa shape index (κ2) is 10.0. The van der Waals surface area contributed by atoms with Gasteiger partial charge in [-0.3, -0.25) is 4.79 Å². The molecule has 0 fully saturated rings. The summed E-state index contributed by atoms with van der Waals surface area (Å²) in [6.07, 6.45) is 2.34. The second-order valence-electron chi connectivity index (χ2n) is 8.23. The summed E-state index contributed by atoms with van der Waals surface area (Å²) in [6, 6.07) is 5.03. The van der Waals surface area contributed by atoms with Gasteiger partial charge in [-0.2, -0.15) is 0 Å². The summed E-state index contributed by atoms with van der Waals surface area (Å²) in [7, 11) is -1.19. The van der Waals surface area contributed by atoms with Gasteiger partial charge in [0, 0.05) is 25.1 Å². The molecule has 8 nitrogen and oxygen atoms in total. The Kier molecular flexibility index (Phi) is 7.38. The summed E-state index contributed by atoms with van der Waals surface area (Å²) >= 11 is 0. The van der Waals surface area contributed by atoms with Gasteiger partial charge in [0.25, 0.3) is 0 Å². The Hall–Kier alpha value is -2.81. The number of esters is 1. The van der Waals surface area contributed by atoms with Gasteiger partial charge in [-0.05, 0) is 30.4 Å². The minimum Gasteiger partial charge on any atom is -0.535 e. The number of hydrogen-bond acceptors (Lipinski definition) is 8. The van der Waals surface area contributed by atoms with Gasteiger partial charge in [-0.15, -0.1) is 0 Å². The zero-order valence-electron chi connectivity index (χ0n) is 18.0. The molecule has 9 heteroatoms. The van der Waals surface area contributed by atoms with Crippen LogP contribution in [0.25, 0.3) is 0 Å². The number of carbonyl (C=O) groups is 2. The van der Waals surface area contributed by atoms with Crippen molar-refractivity contribution in [2.75, 3.05) is 0 Å². The predicted molar refractivity (Wildman–Crippen MR) is 112 cm³/mol. The van der Waals surface area contributed by atoms with Gasteiger partial charge in [0.15, 0.2) is 18.1 Å². The molecule has 1 aliphatic rings. The van der Waals surface area contributed by atoms with Crippen molar-refractivity contribution in [2.24, 2.45) is 5.92 Å². The smallest absolute Gasteiger partial charge is 0.526 e. The molecular weight excluding hydrogens is 403 g/mol. The number of para-hydroxylation sites is 1. The Balaban J connectivity index is 1.72. The van der Waals surface area contributed by atoms with Crippen LogP contribution in [0.15, 0.2) is 31.8 Å². The molecule has 2 heterocycles. The highest BCUT2D eigenvalue weighted by Crippen LogP contribution is 2.36. The van der Waals surface area contributed by atoms with Crippen LogP contribution in [-0.4, -0.2) is 23.9 Å². The van der Waals surface area contributed by atoms with E-state index in [-0.39, 0.29) is 47.6 Å². The molecule has 1 aromatic heterocycles. The summed E-state index contributed by atoms with van der Waals surface area (Å²) in [5.41, 5.74) is 0.885. The number of fused-ring (bicyclic) bond motifs is 1. The van der Waals surface area contributed by atoms with E-state index in [1.165, 1.54) is 6.07 Å². The number of Topliss-reactive ketones (excluding diaryl/α,β-unsaturated/α-hetero) is 1. The molecule has 2 aromatic rings. The maximum absolute atomic E-state index is 12.7. The molecule has 1 atom stereocenters. The number of carbonyl (C=O) groups excluding carboxylic acids is 2. The predicted octanol–water partition coefficient (Wildman–Crippen LogP) is 3.33. The van der Waals surface area contributed by atoms with Gasteiger partial charge in [0.05, 0.1) is 0 Å². The molecule has 1 aromatic carbocycles. The average molecular weight is 430 g/mol. The highest BCUT2D eigenvalue weighted by atomic mass is 16.6. The van der Waals surface area contributed by atoms with Gasteiger partial charge in [-0.25, -0.2) is 9.59 Å². The van der Waals surface area contributed by atoms with Gasteiger partial charge in [0.2, 0.25) is 0 Å². The van der Waals surface area contributed by atoms with E-state index in [1.54, 1.807) is 12.1 Å². The first-order valence-electron chi connectivity index (χ1n) is 10.6. The Morgan fingerprint density at radius 1 is 1.26 bits per heavy atom. The third kappa shape index (κ3) is 5.67. The molecule has 0 unspecified atom stereocenters. The fourth-order valence-corrected chi connectivity index (χ4v) is 3.67. The van der Waals surface area contributed by atoms with Gasteiger partial charge in [0.1, 0.15) is 17.1 Å². The lowest BCUT2D eigenvalue weighted by atomic mass is 9.64. The number of ketones is 1. The first-order chi connectivity index (χ1) is 14.8. The van der Waals surface area contributed by atoms with Crippen LogP contribution in [0.1, 0.15) is 67.5 Å². The van der Waals surface area contributed by atoms with Crippen LogP contribution >= 0.6 is 0 Å². The zero-order valence-corrected chi connectivity index (χ0v) is 18.0. The maximum Gasteiger partial charge on any atom is 0.526 e. The van der Waals surface area contributed by atoms with Crippen LogP contribution in [0.5, 0.6) is 5.75 Å². The number of ether oxygens (including phenoxy) is 1. The van der Waals surface area contributed by atoms with Gasteiger partial charge in [-0.1, -0.05) is 32.9 Å². The van der Waals surface area contributed by atoms with Gasteiger partial charge >= 0.3 is 18.9 Å². The van der Waals surface area contributed by atoms with E-state index in [4.69, 9.17) is 18.2 Å². The average Bonchev–Trinajstić information content (AvgIpc) is 3.04. The quantitative estimate of drug-likeness (QED) is 0.476. The van der Waals surface area contributed by atoms with Crippen molar-refractivity contribution in [3.05, 3.63) is 51.5 Å². The topological polar surface area (TPSA) is 116 Å². The molecule has 166 valence electrons. The standard InChI is InChI=1S/C22H27BO8/c1-4-6-16(24)11-15-10-14-7-5-8-17(20(14)31-23(15)27)21(25)28-12-19-18(9-13(2)3)29-22(26)30-19/h5,7-8,13,15,27H,4,6,9-12H2,1-3H3/t15-/m1/s1. The van der Waals surface area contributed by atoms with Crippen molar-refractivity contribution in [1.29, 1.82) is 0 Å². The third-order valence-corrected chi connectivity index (χ3v) is 5.11. The molecule has 0 amide bonds. The van der Waals surface area contributed by atoms with E-state index in [1.807, 2.05) is 20.8 Å². The highest BCUT2D eigenvalue weighted by Gasteiger charge is 2.37. The van der Waals surface area contributed by atoms with Gasteiger partial charge < -0.3 is 23.2 Å². The monoisotopic (exact) mass is 430 g/mol.